The number of nitrogens with zero attached hydrogens (tertiary/aromatic N) is 1. The average molecular weight is 358 g/mol. The number of aryl methyl sites for hydroxylation is 1. The summed E-state index contributed by atoms with van der Waals surface area (Å²) in [5, 5.41) is 9.19. The van der Waals surface area contributed by atoms with E-state index in [0.717, 1.165) is 22.8 Å². The number of hydrogen-bond donors (Lipinski definition) is 1. The number of carboxylic acids is 1. The van der Waals surface area contributed by atoms with Gasteiger partial charge >= 0.3 is 5.97 Å². The van der Waals surface area contributed by atoms with Gasteiger partial charge in [-0.1, -0.05) is 0 Å². The van der Waals surface area contributed by atoms with E-state index < -0.39 is 23.2 Å². The number of aromatic carboxylic acids is 1. The number of halogens is 3. The summed E-state index contributed by atoms with van der Waals surface area (Å²) >= 11 is 2.84. The molecule has 0 spiro atoms. The van der Waals surface area contributed by atoms with Crippen molar-refractivity contribution in [3.8, 4) is 5.69 Å². The number of hydrogen-bond acceptors (Lipinski definition) is 2. The predicted octanol–water partition coefficient (Wildman–Crippen LogP) is 3.19. The van der Waals surface area contributed by atoms with Gasteiger partial charge in [-0.3, -0.25) is 9.36 Å². The Kier molecular flexibility index (Phi) is 3.95. The summed E-state index contributed by atoms with van der Waals surface area (Å²) in [5.41, 5.74) is -0.777. The summed E-state index contributed by atoms with van der Waals surface area (Å²) in [4.78, 5) is 23.3. The van der Waals surface area contributed by atoms with E-state index in [-0.39, 0.29) is 27.0 Å². The Balaban J connectivity index is 2.88. The summed E-state index contributed by atoms with van der Waals surface area (Å²) in [7, 11) is 0. The topological polar surface area (TPSA) is 59.3 Å². The van der Waals surface area contributed by atoms with Gasteiger partial charge in [-0.15, -0.1) is 0 Å². The Bertz CT molecular complexity index is 815. The van der Waals surface area contributed by atoms with Crippen molar-refractivity contribution < 1.29 is 18.7 Å². The Morgan fingerprint density at radius 2 is 1.81 bits per heavy atom. The number of benzene rings is 1. The van der Waals surface area contributed by atoms with Crippen molar-refractivity contribution in [1.82, 2.24) is 4.57 Å². The lowest BCUT2D eigenvalue weighted by molar-refractivity contribution is 0.0694. The van der Waals surface area contributed by atoms with E-state index in [9.17, 15) is 23.5 Å². The molecule has 2 rings (SSSR count). The van der Waals surface area contributed by atoms with Crippen LogP contribution < -0.4 is 5.56 Å². The van der Waals surface area contributed by atoms with Crippen LogP contribution in [0.4, 0.5) is 8.78 Å². The SMILES string of the molecule is Cc1cc(=O)n(-c2cc(F)c(Br)cc2F)c(C)c1C(=O)O. The minimum Gasteiger partial charge on any atom is -0.478 e. The van der Waals surface area contributed by atoms with Crippen molar-refractivity contribution in [1.29, 1.82) is 0 Å². The molecule has 2 aromatic rings. The Morgan fingerprint density at radius 1 is 1.19 bits per heavy atom. The van der Waals surface area contributed by atoms with Gasteiger partial charge < -0.3 is 5.11 Å². The molecule has 21 heavy (non-hydrogen) atoms. The van der Waals surface area contributed by atoms with E-state index >= 15 is 0 Å². The van der Waals surface area contributed by atoms with Crippen molar-refractivity contribution >= 4 is 21.9 Å². The summed E-state index contributed by atoms with van der Waals surface area (Å²) in [6.07, 6.45) is 0. The van der Waals surface area contributed by atoms with E-state index in [1.165, 1.54) is 13.8 Å². The molecule has 0 fully saturated rings. The number of pyridine rings is 1. The molecule has 0 aliphatic carbocycles. The van der Waals surface area contributed by atoms with Gasteiger partial charge in [0, 0.05) is 17.8 Å². The van der Waals surface area contributed by atoms with Gasteiger partial charge in [0.25, 0.3) is 5.56 Å². The maximum Gasteiger partial charge on any atom is 0.337 e. The molecule has 7 heteroatoms. The lowest BCUT2D eigenvalue weighted by Crippen LogP contribution is -2.25. The van der Waals surface area contributed by atoms with Crippen LogP contribution in [0.15, 0.2) is 27.5 Å². The summed E-state index contributed by atoms with van der Waals surface area (Å²) in [6.45, 7) is 2.85. The highest BCUT2D eigenvalue weighted by Crippen LogP contribution is 2.24. The molecule has 0 saturated heterocycles. The number of aromatic nitrogens is 1. The smallest absolute Gasteiger partial charge is 0.337 e. The van der Waals surface area contributed by atoms with Crippen LogP contribution in [0.3, 0.4) is 0 Å². The van der Waals surface area contributed by atoms with Crippen LogP contribution in [0.1, 0.15) is 21.6 Å². The molecule has 0 unspecified atom stereocenters. The monoisotopic (exact) mass is 357 g/mol. The van der Waals surface area contributed by atoms with E-state index in [1.807, 2.05) is 0 Å². The van der Waals surface area contributed by atoms with Crippen LogP contribution in [0.2, 0.25) is 0 Å². The molecule has 0 amide bonds. The average Bonchev–Trinajstić information content (AvgIpc) is 2.34. The molecular formula is C14H10BrF2NO3. The first-order chi connectivity index (χ1) is 9.73. The molecule has 110 valence electrons. The molecule has 0 saturated carbocycles. The highest BCUT2D eigenvalue weighted by molar-refractivity contribution is 9.10. The molecule has 1 N–H and O–H groups in total. The van der Waals surface area contributed by atoms with E-state index in [2.05, 4.69) is 15.9 Å². The fourth-order valence-electron chi connectivity index (χ4n) is 2.19. The molecule has 0 aliphatic heterocycles. The summed E-state index contributed by atoms with van der Waals surface area (Å²) in [6, 6.07) is 2.81. The first-order valence-corrected chi connectivity index (χ1v) is 6.64. The zero-order valence-corrected chi connectivity index (χ0v) is 12.7. The maximum atomic E-state index is 14.0. The Labute approximate surface area is 126 Å². The number of carbonyl (C=O) groups is 1. The summed E-state index contributed by atoms with van der Waals surface area (Å²) < 4.78 is 28.4. The van der Waals surface area contributed by atoms with Crippen LogP contribution in [0, 0.1) is 25.5 Å². The third kappa shape index (κ3) is 2.61. The molecule has 0 bridgehead atoms. The van der Waals surface area contributed by atoms with Crippen molar-refractivity contribution in [3.05, 3.63) is 61.5 Å². The zero-order chi connectivity index (χ0) is 15.9. The van der Waals surface area contributed by atoms with Crippen LogP contribution in [-0.4, -0.2) is 15.6 Å². The van der Waals surface area contributed by atoms with Crippen LogP contribution in [0.25, 0.3) is 5.69 Å². The van der Waals surface area contributed by atoms with Crippen molar-refractivity contribution in [2.75, 3.05) is 0 Å². The van der Waals surface area contributed by atoms with Gasteiger partial charge in [-0.2, -0.15) is 0 Å². The minimum absolute atomic E-state index is 0.0353. The summed E-state index contributed by atoms with van der Waals surface area (Å²) in [5.74, 6) is -2.83. The fraction of sp³-hybridized carbons (Fsp3) is 0.143. The second-order valence-electron chi connectivity index (χ2n) is 4.48. The lowest BCUT2D eigenvalue weighted by atomic mass is 10.1. The second-order valence-corrected chi connectivity index (χ2v) is 5.34. The Morgan fingerprint density at radius 3 is 2.38 bits per heavy atom. The van der Waals surface area contributed by atoms with Crippen molar-refractivity contribution in [3.63, 3.8) is 0 Å². The lowest BCUT2D eigenvalue weighted by Gasteiger charge is -2.15. The van der Waals surface area contributed by atoms with Crippen LogP contribution >= 0.6 is 15.9 Å². The van der Waals surface area contributed by atoms with Crippen molar-refractivity contribution in [2.24, 2.45) is 0 Å². The first-order valence-electron chi connectivity index (χ1n) is 5.85. The van der Waals surface area contributed by atoms with Crippen molar-refractivity contribution in [2.45, 2.75) is 13.8 Å². The van der Waals surface area contributed by atoms with E-state index in [0.29, 0.717) is 0 Å². The third-order valence-electron chi connectivity index (χ3n) is 3.10. The van der Waals surface area contributed by atoms with Gasteiger partial charge in [0.2, 0.25) is 0 Å². The van der Waals surface area contributed by atoms with E-state index in [4.69, 9.17) is 0 Å². The molecule has 1 aromatic heterocycles. The Hall–Kier alpha value is -2.02. The largest absolute Gasteiger partial charge is 0.478 e. The first kappa shape index (κ1) is 15.4. The van der Waals surface area contributed by atoms with Crippen LogP contribution in [0.5, 0.6) is 0 Å². The van der Waals surface area contributed by atoms with Crippen LogP contribution in [-0.2, 0) is 0 Å². The van der Waals surface area contributed by atoms with Gasteiger partial charge in [-0.25, -0.2) is 13.6 Å². The molecule has 1 aromatic carbocycles. The molecular weight excluding hydrogens is 348 g/mol. The fourth-order valence-corrected chi connectivity index (χ4v) is 2.51. The molecule has 0 aliphatic rings. The second kappa shape index (κ2) is 5.40. The standard InChI is InChI=1S/C14H10BrF2NO3/c1-6-3-12(19)18(7(2)13(6)14(20)21)11-5-9(16)8(15)4-10(11)17/h3-5H,1-2H3,(H,20,21). The maximum absolute atomic E-state index is 14.0. The molecule has 4 nitrogen and oxygen atoms in total. The minimum atomic E-state index is -1.24. The zero-order valence-electron chi connectivity index (χ0n) is 11.1. The molecule has 0 atom stereocenters. The van der Waals surface area contributed by atoms with Gasteiger partial charge in [0.05, 0.1) is 15.7 Å². The predicted molar refractivity (Wildman–Crippen MR) is 76.1 cm³/mol. The number of rotatable bonds is 2. The highest BCUT2D eigenvalue weighted by Gasteiger charge is 2.19. The number of carboxylic acid groups (broad SMARTS) is 1. The third-order valence-corrected chi connectivity index (χ3v) is 3.70. The normalized spacial score (nSPS) is 10.7. The van der Waals surface area contributed by atoms with Gasteiger partial charge in [0.15, 0.2) is 0 Å². The quantitative estimate of drug-likeness (QED) is 0.839. The molecule has 1 heterocycles. The molecule has 0 radical (unpaired) electrons. The van der Waals surface area contributed by atoms with Gasteiger partial charge in [0.1, 0.15) is 11.6 Å². The van der Waals surface area contributed by atoms with Gasteiger partial charge in [-0.05, 0) is 41.4 Å². The highest BCUT2D eigenvalue weighted by atomic mass is 79.9. The van der Waals surface area contributed by atoms with E-state index in [1.54, 1.807) is 0 Å².